The molecule has 4 N–H and O–H groups in total. The molecule has 17 nitrogen and oxygen atoms in total. The standard InChI is InChI=1S/C27H32N6O.C23H29N5O5S/c1-17-12-20(13-18(2)21(17)8-10-28)25-30-26(34-32-25)24-22-7-9-27(3,4)14-23(22)33(31-24)16-19-6-5-11-29-15-19;1-5-28-18-13-23(3,4)10-8-17(18)20(26-28)22-25-21(27-33-22)16-7-6-15(12-14(16)2)34(31,32)24-11-9-19(29)30/h5-6,11-13,15H,7-10,14,16,28H2,1-4H3;6-7,12,24H,5,8-11,13H2,1-4H3,(H,29,30). The number of benzene rings is 2. The van der Waals surface area contributed by atoms with Crippen molar-refractivity contribution in [1.29, 1.82) is 0 Å². The summed E-state index contributed by atoms with van der Waals surface area (Å²) in [6.45, 7) is 19.1. The Morgan fingerprint density at radius 2 is 1.44 bits per heavy atom. The van der Waals surface area contributed by atoms with Crippen molar-refractivity contribution in [3.63, 3.8) is 0 Å². The maximum Gasteiger partial charge on any atom is 0.304 e. The molecule has 0 bridgehead atoms. The molecule has 5 heterocycles. The molecule has 0 amide bonds. The molecule has 2 aliphatic rings. The summed E-state index contributed by atoms with van der Waals surface area (Å²) in [5.41, 5.74) is 19.7. The zero-order valence-corrected chi connectivity index (χ0v) is 41.0. The zero-order valence-electron chi connectivity index (χ0n) is 40.2. The molecule has 2 aromatic carbocycles. The van der Waals surface area contributed by atoms with Gasteiger partial charge in [0.05, 0.1) is 17.9 Å². The van der Waals surface area contributed by atoms with Gasteiger partial charge < -0.3 is 19.9 Å². The molecular weight excluding hydrogens is 883 g/mol. The van der Waals surface area contributed by atoms with Crippen LogP contribution in [0.1, 0.15) is 104 Å². The highest BCUT2D eigenvalue weighted by molar-refractivity contribution is 7.89. The molecule has 358 valence electrons. The summed E-state index contributed by atoms with van der Waals surface area (Å²) in [6, 6.07) is 12.8. The van der Waals surface area contributed by atoms with Gasteiger partial charge in [0.15, 0.2) is 11.4 Å². The molecule has 0 atom stereocenters. The third kappa shape index (κ3) is 10.4. The molecule has 7 aromatic rings. The van der Waals surface area contributed by atoms with Crippen LogP contribution in [0, 0.1) is 31.6 Å². The van der Waals surface area contributed by atoms with Gasteiger partial charge in [0, 0.05) is 59.1 Å². The summed E-state index contributed by atoms with van der Waals surface area (Å²) in [5, 5.41) is 26.9. The summed E-state index contributed by atoms with van der Waals surface area (Å²) in [5.74, 6) is 0.705. The number of nitrogens with zero attached hydrogens (tertiary/aromatic N) is 9. The van der Waals surface area contributed by atoms with E-state index in [0.29, 0.717) is 53.3 Å². The van der Waals surface area contributed by atoms with Crippen LogP contribution in [0.4, 0.5) is 0 Å². The van der Waals surface area contributed by atoms with Crippen LogP contribution < -0.4 is 10.5 Å². The minimum atomic E-state index is -3.83. The summed E-state index contributed by atoms with van der Waals surface area (Å²) in [4.78, 5) is 24.3. The van der Waals surface area contributed by atoms with E-state index in [-0.39, 0.29) is 28.7 Å². The van der Waals surface area contributed by atoms with Crippen molar-refractivity contribution in [3.05, 3.63) is 105 Å². The number of aliphatic carboxylic acids is 1. The molecule has 0 aliphatic heterocycles. The Labute approximate surface area is 397 Å². The third-order valence-electron chi connectivity index (χ3n) is 13.1. The summed E-state index contributed by atoms with van der Waals surface area (Å²) >= 11 is 0. The second kappa shape index (κ2) is 19.3. The van der Waals surface area contributed by atoms with Gasteiger partial charge in [-0.05, 0) is 154 Å². The number of rotatable bonds is 14. The van der Waals surface area contributed by atoms with Crippen molar-refractivity contribution in [1.82, 2.24) is 49.5 Å². The van der Waals surface area contributed by atoms with E-state index < -0.39 is 16.0 Å². The number of aromatic nitrogens is 9. The Bertz CT molecular complexity index is 3050. The molecule has 2 aliphatic carbocycles. The lowest BCUT2D eigenvalue weighted by Crippen LogP contribution is -2.26. The van der Waals surface area contributed by atoms with Gasteiger partial charge in [-0.3, -0.25) is 19.1 Å². The number of hydrogen-bond acceptors (Lipinski definition) is 13. The van der Waals surface area contributed by atoms with Gasteiger partial charge in [0.1, 0.15) is 0 Å². The van der Waals surface area contributed by atoms with Crippen LogP contribution in [0.25, 0.3) is 45.9 Å². The number of nitrogens with one attached hydrogen (secondary N) is 1. The molecule has 18 heteroatoms. The van der Waals surface area contributed by atoms with Crippen molar-refractivity contribution in [2.75, 3.05) is 13.1 Å². The SMILES string of the molecule is CCn1nc(-c2nc(-c3ccc(S(=O)(=O)NCCC(=O)O)cc3C)no2)c2c1CC(C)(C)CC2.Cc1cc(-c2noc(-c3nn(Cc4cccnc4)c4c3CCC(C)(C)C4)n2)cc(C)c1CCN. The minimum Gasteiger partial charge on any atom is -0.481 e. The van der Waals surface area contributed by atoms with Crippen LogP contribution in [-0.2, 0) is 60.0 Å². The Hall–Kier alpha value is -6.37. The van der Waals surface area contributed by atoms with Crippen molar-refractivity contribution in [2.24, 2.45) is 16.6 Å². The lowest BCUT2D eigenvalue weighted by Gasteiger charge is -2.30. The molecule has 0 unspecified atom stereocenters. The largest absolute Gasteiger partial charge is 0.481 e. The molecule has 0 spiro atoms. The monoisotopic (exact) mass is 943 g/mol. The molecule has 5 aromatic heterocycles. The van der Waals surface area contributed by atoms with E-state index in [2.05, 4.69) is 96.4 Å². The van der Waals surface area contributed by atoms with E-state index in [0.717, 1.165) is 73.9 Å². The van der Waals surface area contributed by atoms with E-state index in [1.165, 1.54) is 45.8 Å². The number of hydrogen-bond donors (Lipinski definition) is 3. The van der Waals surface area contributed by atoms with Gasteiger partial charge in [-0.2, -0.15) is 20.2 Å². The van der Waals surface area contributed by atoms with Crippen LogP contribution >= 0.6 is 0 Å². The first-order valence-corrected chi connectivity index (χ1v) is 24.7. The fraction of sp³-hybridized carbons (Fsp3) is 0.440. The minimum absolute atomic E-state index is 0.0428. The van der Waals surface area contributed by atoms with E-state index >= 15 is 0 Å². The van der Waals surface area contributed by atoms with E-state index in [1.807, 2.05) is 16.9 Å². The van der Waals surface area contributed by atoms with Gasteiger partial charge in [-0.25, -0.2) is 13.1 Å². The number of carboxylic acids is 1. The highest BCUT2D eigenvalue weighted by atomic mass is 32.2. The quantitative estimate of drug-likeness (QED) is 0.0941. The van der Waals surface area contributed by atoms with Crippen LogP contribution in [0.3, 0.4) is 0 Å². The van der Waals surface area contributed by atoms with Crippen LogP contribution in [0.5, 0.6) is 0 Å². The lowest BCUT2D eigenvalue weighted by molar-refractivity contribution is -0.136. The fourth-order valence-electron chi connectivity index (χ4n) is 9.36. The second-order valence-electron chi connectivity index (χ2n) is 19.6. The number of carbonyl (C=O) groups is 1. The molecule has 0 fully saturated rings. The lowest BCUT2D eigenvalue weighted by atomic mass is 9.76. The average molecular weight is 944 g/mol. The van der Waals surface area contributed by atoms with E-state index in [1.54, 1.807) is 19.2 Å². The number of nitrogens with two attached hydrogens (primary N) is 1. The number of fused-ring (bicyclic) bond motifs is 2. The highest BCUT2D eigenvalue weighted by Crippen LogP contribution is 2.41. The topological polar surface area (TPSA) is 236 Å². The molecule has 9 rings (SSSR count). The zero-order chi connectivity index (χ0) is 48.5. The maximum atomic E-state index is 12.5. The predicted octanol–water partition coefficient (Wildman–Crippen LogP) is 7.87. The van der Waals surface area contributed by atoms with E-state index in [4.69, 9.17) is 35.1 Å². The first-order valence-electron chi connectivity index (χ1n) is 23.2. The Kier molecular flexibility index (Phi) is 13.7. The maximum absolute atomic E-state index is 12.5. The van der Waals surface area contributed by atoms with E-state index in [9.17, 15) is 13.2 Å². The van der Waals surface area contributed by atoms with Crippen molar-refractivity contribution in [3.8, 4) is 45.9 Å². The molecule has 0 radical (unpaired) electrons. The molecular formula is C50H61N11O6S. The van der Waals surface area contributed by atoms with Crippen LogP contribution in [0.15, 0.2) is 68.8 Å². The number of aryl methyl sites for hydroxylation is 4. The highest BCUT2D eigenvalue weighted by Gasteiger charge is 2.34. The Morgan fingerprint density at radius 3 is 2.01 bits per heavy atom. The fourth-order valence-corrected chi connectivity index (χ4v) is 10.5. The van der Waals surface area contributed by atoms with Gasteiger partial charge >= 0.3 is 5.97 Å². The van der Waals surface area contributed by atoms with Gasteiger partial charge in [-0.1, -0.05) is 44.1 Å². The first kappa shape index (κ1) is 48.1. The molecule has 0 saturated heterocycles. The average Bonchev–Trinajstić information content (AvgIpc) is 4.10. The molecule has 0 saturated carbocycles. The third-order valence-corrected chi connectivity index (χ3v) is 14.5. The van der Waals surface area contributed by atoms with Gasteiger partial charge in [0.25, 0.3) is 11.8 Å². The van der Waals surface area contributed by atoms with Gasteiger partial charge in [0.2, 0.25) is 21.7 Å². The van der Waals surface area contributed by atoms with Crippen LogP contribution in [0.2, 0.25) is 0 Å². The van der Waals surface area contributed by atoms with Crippen LogP contribution in [-0.4, -0.2) is 77.4 Å². The second-order valence-corrected chi connectivity index (χ2v) is 21.3. The first-order chi connectivity index (χ1) is 32.3. The number of sulfonamides is 1. The number of pyridine rings is 1. The summed E-state index contributed by atoms with van der Waals surface area (Å²) in [7, 11) is -3.83. The summed E-state index contributed by atoms with van der Waals surface area (Å²) < 4.78 is 42.7. The number of carboxylic acid groups (broad SMARTS) is 1. The molecule has 68 heavy (non-hydrogen) atoms. The smallest absolute Gasteiger partial charge is 0.304 e. The van der Waals surface area contributed by atoms with Crippen molar-refractivity contribution >= 4 is 16.0 Å². The predicted molar refractivity (Wildman–Crippen MR) is 257 cm³/mol. The van der Waals surface area contributed by atoms with Crippen molar-refractivity contribution < 1.29 is 27.4 Å². The Morgan fingerprint density at radius 1 is 0.838 bits per heavy atom. The normalized spacial score (nSPS) is 15.1. The Balaban J connectivity index is 0.000000184. The van der Waals surface area contributed by atoms with Gasteiger partial charge in [-0.15, -0.1) is 0 Å². The summed E-state index contributed by atoms with van der Waals surface area (Å²) in [6.07, 6.45) is 10.2. The van der Waals surface area contributed by atoms with Crippen molar-refractivity contribution in [2.45, 2.75) is 125 Å².